The van der Waals surface area contributed by atoms with Crippen LogP contribution < -0.4 is 16.4 Å². The molecule has 1 saturated heterocycles. The van der Waals surface area contributed by atoms with Crippen molar-refractivity contribution < 1.29 is 13.6 Å². The van der Waals surface area contributed by atoms with E-state index in [1.54, 1.807) is 0 Å². The lowest BCUT2D eigenvalue weighted by Crippen LogP contribution is -2.26. The summed E-state index contributed by atoms with van der Waals surface area (Å²) >= 11 is -2.15. The van der Waals surface area contributed by atoms with E-state index in [4.69, 9.17) is 5.73 Å². The molecule has 1 aliphatic rings. The zero-order valence-corrected chi connectivity index (χ0v) is 16.7. The fourth-order valence-electron chi connectivity index (χ4n) is 4.01. The number of amides is 1. The first kappa shape index (κ1) is 19.6. The topological polar surface area (TPSA) is 123 Å². The van der Waals surface area contributed by atoms with Crippen molar-refractivity contribution in [2.45, 2.75) is 18.8 Å². The van der Waals surface area contributed by atoms with Crippen molar-refractivity contribution in [1.82, 2.24) is 10.3 Å². The van der Waals surface area contributed by atoms with Gasteiger partial charge in [0.15, 0.2) is 0 Å². The number of aromatic nitrogens is 1. The van der Waals surface area contributed by atoms with E-state index in [-0.39, 0.29) is 5.88 Å². The highest BCUT2D eigenvalue weighted by atomic mass is 32.2. The summed E-state index contributed by atoms with van der Waals surface area (Å²) in [5.41, 5.74) is 10.7. The second-order valence-corrected chi connectivity index (χ2v) is 8.18. The van der Waals surface area contributed by atoms with E-state index in [1.807, 2.05) is 36.5 Å². The fourth-order valence-corrected chi connectivity index (χ4v) is 4.29. The number of benzene rings is 2. The molecule has 0 bridgehead atoms. The number of nitrogens with one attached hydrogen (secondary N) is 3. The van der Waals surface area contributed by atoms with Gasteiger partial charge in [0.2, 0.25) is 0 Å². The first-order chi connectivity index (χ1) is 14.0. The van der Waals surface area contributed by atoms with Crippen molar-refractivity contribution in [2.24, 2.45) is 5.73 Å². The maximum absolute atomic E-state index is 12.1. The van der Waals surface area contributed by atoms with Gasteiger partial charge in [-0.1, -0.05) is 12.1 Å². The zero-order valence-electron chi connectivity index (χ0n) is 15.9. The Bertz CT molecular complexity index is 1060. The molecule has 0 saturated carbocycles. The van der Waals surface area contributed by atoms with Crippen molar-refractivity contribution in [2.75, 3.05) is 24.3 Å². The van der Waals surface area contributed by atoms with Gasteiger partial charge in [-0.3, -0.25) is 9.00 Å². The van der Waals surface area contributed by atoms with E-state index in [9.17, 15) is 13.6 Å². The highest BCUT2D eigenvalue weighted by Gasteiger charge is 2.21. The van der Waals surface area contributed by atoms with Crippen LogP contribution in [0.15, 0.2) is 42.6 Å². The molecule has 152 valence electrons. The molecule has 5 N–H and O–H groups in total. The molecule has 2 aromatic carbocycles. The van der Waals surface area contributed by atoms with Gasteiger partial charge in [-0.05, 0) is 83.9 Å². The number of piperidine rings is 1. The minimum atomic E-state index is -2.15. The number of primary amides is 1. The lowest BCUT2D eigenvalue weighted by atomic mass is 9.88. The Morgan fingerprint density at radius 1 is 1.17 bits per heavy atom. The molecule has 0 aliphatic carbocycles. The summed E-state index contributed by atoms with van der Waals surface area (Å²) in [6, 6.07) is 11.4. The Morgan fingerprint density at radius 2 is 1.90 bits per heavy atom. The Balaban J connectivity index is 1.74. The van der Waals surface area contributed by atoms with Crippen LogP contribution >= 0.6 is 0 Å². The van der Waals surface area contributed by atoms with Crippen LogP contribution in [-0.2, 0) is 11.1 Å². The van der Waals surface area contributed by atoms with E-state index < -0.39 is 17.0 Å². The third-order valence-corrected chi connectivity index (χ3v) is 5.86. The minimum Gasteiger partial charge on any atom is -0.771 e. The van der Waals surface area contributed by atoms with Crippen LogP contribution in [0.4, 0.5) is 5.69 Å². The first-order valence-electron chi connectivity index (χ1n) is 9.58. The Morgan fingerprint density at radius 3 is 2.55 bits per heavy atom. The highest BCUT2D eigenvalue weighted by molar-refractivity contribution is 7.79. The smallest absolute Gasteiger partial charge is 0.250 e. The predicted octanol–water partition coefficient (Wildman–Crippen LogP) is 2.65. The van der Waals surface area contributed by atoms with Gasteiger partial charge >= 0.3 is 0 Å². The lowest BCUT2D eigenvalue weighted by molar-refractivity contribution is 0.100. The summed E-state index contributed by atoms with van der Waals surface area (Å²) in [5, 5.41) is 7.25. The molecule has 1 unspecified atom stereocenters. The van der Waals surface area contributed by atoms with Crippen molar-refractivity contribution in [1.29, 1.82) is 0 Å². The van der Waals surface area contributed by atoms with Gasteiger partial charge in [0.05, 0.1) is 17.0 Å². The number of nitrogens with two attached hydrogens (primary N) is 1. The SMILES string of the molecule is NC(=O)c1cc(-c2ccc(NCS(=O)[O-])cc2)cc2c(C3CCNCC3)c[nH]c12. The van der Waals surface area contributed by atoms with Crippen LogP contribution in [0.5, 0.6) is 0 Å². The average Bonchev–Trinajstić information content (AvgIpc) is 3.16. The summed E-state index contributed by atoms with van der Waals surface area (Å²) in [7, 11) is 0. The van der Waals surface area contributed by atoms with Gasteiger partial charge < -0.3 is 25.9 Å². The molecule has 1 atom stereocenters. The van der Waals surface area contributed by atoms with E-state index in [1.165, 1.54) is 5.56 Å². The molecule has 2 heterocycles. The number of rotatable bonds is 6. The molecule has 1 aromatic heterocycles. The molecule has 7 nitrogen and oxygen atoms in total. The molecule has 1 amide bonds. The van der Waals surface area contributed by atoms with Crippen LogP contribution in [0.1, 0.15) is 34.7 Å². The van der Waals surface area contributed by atoms with E-state index in [2.05, 4.69) is 21.7 Å². The van der Waals surface area contributed by atoms with Crippen molar-refractivity contribution in [3.8, 4) is 11.1 Å². The maximum atomic E-state index is 12.1. The standard InChI is InChI=1S/C21H24N4O3S/c22-21(26)18-10-15(13-1-3-16(4-2-13)25-12-29(27)28)9-17-19(11-24-20(17)18)14-5-7-23-8-6-14/h1-4,9-11,14,23-25H,5-8,12H2,(H2,22,26)(H,27,28)/p-1. The van der Waals surface area contributed by atoms with Gasteiger partial charge in [0.25, 0.3) is 5.91 Å². The number of carbonyl (C=O) groups excluding carboxylic acids is 1. The number of carbonyl (C=O) groups is 1. The zero-order chi connectivity index (χ0) is 20.4. The van der Waals surface area contributed by atoms with E-state index >= 15 is 0 Å². The van der Waals surface area contributed by atoms with Gasteiger partial charge in [0.1, 0.15) is 0 Å². The van der Waals surface area contributed by atoms with Gasteiger partial charge in [-0.15, -0.1) is 0 Å². The summed E-state index contributed by atoms with van der Waals surface area (Å²) in [5.74, 6) is -0.160. The molecule has 8 heteroatoms. The first-order valence-corrected chi connectivity index (χ1v) is 10.8. The largest absolute Gasteiger partial charge is 0.771 e. The van der Waals surface area contributed by atoms with Crippen LogP contribution in [0, 0.1) is 0 Å². The van der Waals surface area contributed by atoms with Crippen molar-refractivity contribution in [3.63, 3.8) is 0 Å². The number of aromatic amines is 1. The van der Waals surface area contributed by atoms with E-state index in [0.29, 0.717) is 17.2 Å². The second kappa shape index (κ2) is 8.36. The van der Waals surface area contributed by atoms with Crippen LogP contribution in [-0.4, -0.2) is 38.6 Å². The number of fused-ring (bicyclic) bond motifs is 1. The van der Waals surface area contributed by atoms with Crippen LogP contribution in [0.3, 0.4) is 0 Å². The third kappa shape index (κ3) is 4.19. The molecule has 1 aliphatic heterocycles. The number of H-pyrrole nitrogens is 1. The maximum Gasteiger partial charge on any atom is 0.250 e. The summed E-state index contributed by atoms with van der Waals surface area (Å²) in [4.78, 5) is 15.4. The van der Waals surface area contributed by atoms with Gasteiger partial charge in [0, 0.05) is 17.3 Å². The van der Waals surface area contributed by atoms with Crippen LogP contribution in [0.2, 0.25) is 0 Å². The summed E-state index contributed by atoms with van der Waals surface area (Å²) in [6.45, 7) is 1.98. The second-order valence-electron chi connectivity index (χ2n) is 7.28. The van der Waals surface area contributed by atoms with Crippen molar-refractivity contribution in [3.05, 3.63) is 53.7 Å². The molecule has 3 aromatic rings. The number of hydrogen-bond donors (Lipinski definition) is 4. The molecule has 0 spiro atoms. The monoisotopic (exact) mass is 411 g/mol. The molecular formula is C21H23N4O3S-. The summed E-state index contributed by atoms with van der Waals surface area (Å²) < 4.78 is 21.4. The third-order valence-electron chi connectivity index (χ3n) is 5.48. The average molecular weight is 412 g/mol. The Hall–Kier alpha value is -2.68. The molecule has 4 rings (SSSR count). The van der Waals surface area contributed by atoms with Crippen molar-refractivity contribution >= 4 is 33.6 Å². The molecule has 29 heavy (non-hydrogen) atoms. The summed E-state index contributed by atoms with van der Waals surface area (Å²) in [6.07, 6.45) is 4.13. The molecular weight excluding hydrogens is 388 g/mol. The molecule has 0 radical (unpaired) electrons. The van der Waals surface area contributed by atoms with Gasteiger partial charge in [-0.25, -0.2) is 0 Å². The molecule has 1 fully saturated rings. The van der Waals surface area contributed by atoms with Gasteiger partial charge in [-0.2, -0.15) is 0 Å². The predicted molar refractivity (Wildman–Crippen MR) is 115 cm³/mol. The quantitative estimate of drug-likeness (QED) is 0.464. The number of anilines is 1. The normalized spacial score (nSPS) is 16.0. The Labute approximate surface area is 171 Å². The van der Waals surface area contributed by atoms with Crippen LogP contribution in [0.25, 0.3) is 22.0 Å². The van der Waals surface area contributed by atoms with E-state index in [0.717, 1.165) is 48.0 Å². The Kier molecular flexibility index (Phi) is 5.66. The minimum absolute atomic E-state index is 0.139. The lowest BCUT2D eigenvalue weighted by Gasteiger charge is -2.22. The number of hydrogen-bond acceptors (Lipinski definition) is 5. The fraction of sp³-hybridized carbons (Fsp3) is 0.286. The highest BCUT2D eigenvalue weighted by Crippen LogP contribution is 2.35.